The number of carboxylic acid groups (broad SMARTS) is 1. The monoisotopic (exact) mass is 414 g/mol. The van der Waals surface area contributed by atoms with Gasteiger partial charge in [0.05, 0.1) is 16.8 Å². The van der Waals surface area contributed by atoms with Crippen LogP contribution in [0.2, 0.25) is 0 Å². The number of thioether (sulfide) groups is 1. The smallest absolute Gasteiger partial charge is 0.313 e. The molecule has 0 bridgehead atoms. The Bertz CT molecular complexity index is 711. The minimum absolute atomic E-state index is 0.0446. The maximum absolute atomic E-state index is 10.9. The van der Waals surface area contributed by atoms with E-state index in [-0.39, 0.29) is 5.75 Å². The van der Waals surface area contributed by atoms with Crippen molar-refractivity contribution in [2.75, 3.05) is 5.75 Å². The molecule has 1 aliphatic carbocycles. The van der Waals surface area contributed by atoms with E-state index in [2.05, 4.69) is 62.5 Å². The molecule has 0 spiro atoms. The molecule has 21 heavy (non-hydrogen) atoms. The summed E-state index contributed by atoms with van der Waals surface area (Å²) in [5, 5.41) is 9.74. The van der Waals surface area contributed by atoms with Crippen LogP contribution in [0.1, 0.15) is 25.3 Å². The lowest BCUT2D eigenvalue weighted by Gasteiger charge is -2.22. The Balaban J connectivity index is 2.05. The van der Waals surface area contributed by atoms with Crippen LogP contribution in [0.4, 0.5) is 0 Å². The van der Waals surface area contributed by atoms with Crippen LogP contribution in [0.25, 0.3) is 11.0 Å². The van der Waals surface area contributed by atoms with Gasteiger partial charge in [-0.15, -0.1) is 0 Å². The van der Waals surface area contributed by atoms with E-state index in [1.54, 1.807) is 0 Å². The van der Waals surface area contributed by atoms with E-state index in [0.29, 0.717) is 6.04 Å². The SMILES string of the molecule is O=C(O)CSc1nc2cc(I)ccc2n1C1CC=CCC1. The summed E-state index contributed by atoms with van der Waals surface area (Å²) in [5.41, 5.74) is 2.05. The van der Waals surface area contributed by atoms with Crippen molar-refractivity contribution in [3.05, 3.63) is 33.9 Å². The molecule has 110 valence electrons. The molecule has 1 aromatic carbocycles. The average molecular weight is 414 g/mol. The Morgan fingerprint density at radius 3 is 3.05 bits per heavy atom. The molecule has 0 saturated carbocycles. The molecule has 3 rings (SSSR count). The Kier molecular flexibility index (Phi) is 4.54. The third kappa shape index (κ3) is 3.26. The molecule has 0 amide bonds. The minimum atomic E-state index is -0.809. The fourth-order valence-corrected chi connectivity index (χ4v) is 3.92. The number of aliphatic carboxylic acids is 1. The fraction of sp³-hybridized carbons (Fsp3) is 0.333. The van der Waals surface area contributed by atoms with E-state index in [1.165, 1.54) is 11.8 Å². The first-order valence-corrected chi connectivity index (χ1v) is 8.88. The number of aromatic nitrogens is 2. The molecule has 1 atom stereocenters. The number of carboxylic acids is 1. The zero-order valence-corrected chi connectivity index (χ0v) is 14.3. The summed E-state index contributed by atoms with van der Waals surface area (Å²) in [6, 6.07) is 6.59. The largest absolute Gasteiger partial charge is 0.481 e. The molecular weight excluding hydrogens is 399 g/mol. The maximum atomic E-state index is 10.9. The number of rotatable bonds is 4. The number of halogens is 1. The highest BCUT2D eigenvalue weighted by atomic mass is 127. The van der Waals surface area contributed by atoms with Crippen LogP contribution >= 0.6 is 34.4 Å². The van der Waals surface area contributed by atoms with Crippen molar-refractivity contribution in [3.63, 3.8) is 0 Å². The number of nitrogens with zero attached hydrogens (tertiary/aromatic N) is 2. The summed E-state index contributed by atoms with van der Waals surface area (Å²) in [7, 11) is 0. The van der Waals surface area contributed by atoms with Crippen molar-refractivity contribution < 1.29 is 9.90 Å². The van der Waals surface area contributed by atoms with Gasteiger partial charge in [0.15, 0.2) is 5.16 Å². The summed E-state index contributed by atoms with van der Waals surface area (Å²) in [5.74, 6) is -0.764. The molecule has 0 radical (unpaired) electrons. The predicted octanol–water partition coefficient (Wildman–Crippen LogP) is 4.10. The third-order valence-corrected chi connectivity index (χ3v) is 5.16. The predicted molar refractivity (Wildman–Crippen MR) is 92.8 cm³/mol. The highest BCUT2D eigenvalue weighted by molar-refractivity contribution is 14.1. The molecule has 4 nitrogen and oxygen atoms in total. The van der Waals surface area contributed by atoms with Gasteiger partial charge in [-0.1, -0.05) is 23.9 Å². The van der Waals surface area contributed by atoms with Crippen LogP contribution in [0.15, 0.2) is 35.5 Å². The highest BCUT2D eigenvalue weighted by Gasteiger charge is 2.20. The highest BCUT2D eigenvalue weighted by Crippen LogP contribution is 2.33. The van der Waals surface area contributed by atoms with E-state index in [0.717, 1.165) is 39.0 Å². The Morgan fingerprint density at radius 2 is 2.33 bits per heavy atom. The standard InChI is InChI=1S/C15H15IN2O2S/c16-10-6-7-13-12(8-10)17-15(21-9-14(19)20)18(13)11-4-2-1-3-5-11/h1-2,6-8,11H,3-5,9H2,(H,19,20). The zero-order valence-electron chi connectivity index (χ0n) is 11.3. The summed E-state index contributed by atoms with van der Waals surface area (Å²) < 4.78 is 3.37. The number of benzene rings is 1. The second-order valence-electron chi connectivity index (χ2n) is 5.02. The summed E-state index contributed by atoms with van der Waals surface area (Å²) in [4.78, 5) is 15.5. The topological polar surface area (TPSA) is 55.1 Å². The molecule has 2 aromatic rings. The first kappa shape index (κ1) is 14.9. The number of allylic oxidation sites excluding steroid dienone is 2. The quantitative estimate of drug-likeness (QED) is 0.465. The van der Waals surface area contributed by atoms with Crippen molar-refractivity contribution >= 4 is 51.4 Å². The molecule has 0 fully saturated rings. The lowest BCUT2D eigenvalue weighted by Crippen LogP contribution is -2.12. The molecule has 0 saturated heterocycles. The Labute approximate surface area is 140 Å². The van der Waals surface area contributed by atoms with Gasteiger partial charge in [-0.05, 0) is 60.1 Å². The average Bonchev–Trinajstić information content (AvgIpc) is 2.83. The maximum Gasteiger partial charge on any atom is 0.313 e. The second kappa shape index (κ2) is 6.39. The van der Waals surface area contributed by atoms with Gasteiger partial charge >= 0.3 is 5.97 Å². The van der Waals surface area contributed by atoms with Gasteiger partial charge in [0.2, 0.25) is 0 Å². The van der Waals surface area contributed by atoms with Crippen LogP contribution in [-0.2, 0) is 4.79 Å². The van der Waals surface area contributed by atoms with Crippen LogP contribution in [0.5, 0.6) is 0 Å². The van der Waals surface area contributed by atoms with Gasteiger partial charge in [0.1, 0.15) is 0 Å². The van der Waals surface area contributed by atoms with Crippen LogP contribution < -0.4 is 0 Å². The summed E-state index contributed by atoms with van der Waals surface area (Å²) in [6.07, 6.45) is 7.55. The molecule has 0 aliphatic heterocycles. The van der Waals surface area contributed by atoms with Crippen LogP contribution in [0, 0.1) is 3.57 Å². The number of carbonyl (C=O) groups is 1. The van der Waals surface area contributed by atoms with Crippen molar-refractivity contribution in [2.24, 2.45) is 0 Å². The van der Waals surface area contributed by atoms with Crippen molar-refractivity contribution in [3.8, 4) is 0 Å². The first-order valence-electron chi connectivity index (χ1n) is 6.82. The van der Waals surface area contributed by atoms with Crippen molar-refractivity contribution in [2.45, 2.75) is 30.5 Å². The molecule has 1 aliphatic rings. The first-order chi connectivity index (χ1) is 10.1. The van der Waals surface area contributed by atoms with Gasteiger partial charge in [-0.3, -0.25) is 4.79 Å². The zero-order chi connectivity index (χ0) is 14.8. The molecule has 1 aromatic heterocycles. The van der Waals surface area contributed by atoms with Gasteiger partial charge < -0.3 is 9.67 Å². The van der Waals surface area contributed by atoms with Crippen LogP contribution in [-0.4, -0.2) is 26.4 Å². The van der Waals surface area contributed by atoms with Crippen molar-refractivity contribution in [1.82, 2.24) is 9.55 Å². The van der Waals surface area contributed by atoms with Gasteiger partial charge in [0, 0.05) is 9.61 Å². The second-order valence-corrected chi connectivity index (χ2v) is 7.21. The van der Waals surface area contributed by atoms with Crippen LogP contribution in [0.3, 0.4) is 0 Å². The molecular formula is C15H15IN2O2S. The lowest BCUT2D eigenvalue weighted by molar-refractivity contribution is -0.133. The van der Waals surface area contributed by atoms with E-state index < -0.39 is 5.97 Å². The molecule has 6 heteroatoms. The van der Waals surface area contributed by atoms with Gasteiger partial charge in [-0.25, -0.2) is 4.98 Å². The summed E-state index contributed by atoms with van der Waals surface area (Å²) >= 11 is 3.58. The number of hydrogen-bond acceptors (Lipinski definition) is 3. The molecule has 1 N–H and O–H groups in total. The fourth-order valence-electron chi connectivity index (χ4n) is 2.64. The Morgan fingerprint density at radius 1 is 1.48 bits per heavy atom. The van der Waals surface area contributed by atoms with E-state index in [9.17, 15) is 4.79 Å². The number of fused-ring (bicyclic) bond motifs is 1. The van der Waals surface area contributed by atoms with E-state index >= 15 is 0 Å². The summed E-state index contributed by atoms with van der Waals surface area (Å²) in [6.45, 7) is 0. The molecule has 1 unspecified atom stereocenters. The minimum Gasteiger partial charge on any atom is -0.481 e. The lowest BCUT2D eigenvalue weighted by atomic mass is 10.0. The number of hydrogen-bond donors (Lipinski definition) is 1. The van der Waals surface area contributed by atoms with Crippen molar-refractivity contribution in [1.29, 1.82) is 0 Å². The molecule has 1 heterocycles. The normalized spacial score (nSPS) is 18.2. The van der Waals surface area contributed by atoms with Gasteiger partial charge in [0.25, 0.3) is 0 Å². The van der Waals surface area contributed by atoms with E-state index in [4.69, 9.17) is 5.11 Å². The third-order valence-electron chi connectivity index (χ3n) is 3.55. The van der Waals surface area contributed by atoms with E-state index in [1.807, 2.05) is 0 Å². The Hall–Kier alpha value is -1.02. The number of imidazole rings is 1. The van der Waals surface area contributed by atoms with Gasteiger partial charge in [-0.2, -0.15) is 0 Å².